The molecule has 1 fully saturated rings. The van der Waals surface area contributed by atoms with Crippen LogP contribution in [0, 0.1) is 0 Å². The summed E-state index contributed by atoms with van der Waals surface area (Å²) in [5.74, 6) is -0.0742. The molecule has 1 spiro atoms. The maximum Gasteiger partial charge on any atom is 0.411 e. The Balaban J connectivity index is 1.70. The Labute approximate surface area is 171 Å². The average Bonchev–Trinajstić information content (AvgIpc) is 3.15. The lowest BCUT2D eigenvalue weighted by molar-refractivity contribution is -0.169. The lowest BCUT2D eigenvalue weighted by atomic mass is 9.74. The summed E-state index contributed by atoms with van der Waals surface area (Å²) in [5, 5.41) is 0. The van der Waals surface area contributed by atoms with E-state index in [0.29, 0.717) is 13.1 Å². The largest absolute Gasteiger partial charge is 0.444 e. The van der Waals surface area contributed by atoms with Crippen molar-refractivity contribution in [3.63, 3.8) is 0 Å². The second kappa shape index (κ2) is 7.07. The van der Waals surface area contributed by atoms with Crippen molar-refractivity contribution >= 4 is 12.0 Å². The highest BCUT2D eigenvalue weighted by Gasteiger charge is 2.65. The molecule has 1 saturated heterocycles. The fourth-order valence-electron chi connectivity index (χ4n) is 4.20. The van der Waals surface area contributed by atoms with E-state index < -0.39 is 17.2 Å². The van der Waals surface area contributed by atoms with Crippen molar-refractivity contribution in [2.45, 2.75) is 44.5 Å². The summed E-state index contributed by atoms with van der Waals surface area (Å²) in [6.07, 6.45) is 3.30. The number of ether oxygens (including phenoxy) is 1. The van der Waals surface area contributed by atoms with Gasteiger partial charge in [0.2, 0.25) is 0 Å². The van der Waals surface area contributed by atoms with Gasteiger partial charge >= 0.3 is 6.09 Å². The van der Waals surface area contributed by atoms with Crippen molar-refractivity contribution in [1.82, 2.24) is 9.80 Å². The summed E-state index contributed by atoms with van der Waals surface area (Å²) in [7, 11) is 0. The first-order valence-electron chi connectivity index (χ1n) is 9.91. The second-order valence-electron chi connectivity index (χ2n) is 8.55. The number of amides is 2. The van der Waals surface area contributed by atoms with Gasteiger partial charge in [0.15, 0.2) is 5.54 Å². The molecule has 0 saturated carbocycles. The summed E-state index contributed by atoms with van der Waals surface area (Å²) < 4.78 is 5.62. The van der Waals surface area contributed by atoms with Gasteiger partial charge in [0.05, 0.1) is 6.04 Å². The van der Waals surface area contributed by atoms with Crippen LogP contribution >= 0.6 is 0 Å². The molecule has 4 rings (SSSR count). The second-order valence-corrected chi connectivity index (χ2v) is 8.55. The lowest BCUT2D eigenvalue weighted by Crippen LogP contribution is -2.73. The van der Waals surface area contributed by atoms with Crippen molar-refractivity contribution in [2.24, 2.45) is 0 Å². The Morgan fingerprint density at radius 2 is 1.69 bits per heavy atom. The smallest absolute Gasteiger partial charge is 0.411 e. The van der Waals surface area contributed by atoms with Crippen molar-refractivity contribution in [1.29, 1.82) is 0 Å². The van der Waals surface area contributed by atoms with Crippen LogP contribution < -0.4 is 0 Å². The van der Waals surface area contributed by atoms with Crippen LogP contribution in [-0.4, -0.2) is 39.5 Å². The molecule has 0 bridgehead atoms. The number of rotatable bonds is 3. The van der Waals surface area contributed by atoms with E-state index in [4.69, 9.17) is 4.74 Å². The van der Waals surface area contributed by atoms with Crippen LogP contribution in [0.4, 0.5) is 4.79 Å². The molecule has 5 heteroatoms. The molecule has 0 aliphatic carbocycles. The number of benzene rings is 2. The zero-order valence-corrected chi connectivity index (χ0v) is 17.0. The number of hydrogen-bond donors (Lipinski definition) is 0. The van der Waals surface area contributed by atoms with Gasteiger partial charge in [-0.15, -0.1) is 0 Å². The highest BCUT2D eigenvalue weighted by molar-refractivity contribution is 6.00. The van der Waals surface area contributed by atoms with Crippen LogP contribution in [-0.2, 0) is 16.1 Å². The molecule has 0 N–H and O–H groups in total. The number of carbonyl (C=O) groups excluding carboxylic acids is 2. The molecule has 150 valence electrons. The van der Waals surface area contributed by atoms with Crippen molar-refractivity contribution in [2.75, 3.05) is 6.54 Å². The quantitative estimate of drug-likeness (QED) is 0.579. The van der Waals surface area contributed by atoms with Gasteiger partial charge in [-0.2, -0.15) is 0 Å². The summed E-state index contributed by atoms with van der Waals surface area (Å²) in [4.78, 5) is 29.8. The number of likely N-dealkylation sites (tertiary alicyclic amines) is 1. The Hall–Kier alpha value is -3.08. The Kier molecular flexibility index (Phi) is 4.69. The van der Waals surface area contributed by atoms with Crippen molar-refractivity contribution in [3.8, 4) is 0 Å². The number of hydrogen-bond acceptors (Lipinski definition) is 3. The number of carbonyl (C=O) groups is 2. The molecule has 29 heavy (non-hydrogen) atoms. The van der Waals surface area contributed by atoms with Crippen LogP contribution in [0.15, 0.2) is 72.8 Å². The van der Waals surface area contributed by atoms with E-state index in [1.54, 1.807) is 4.90 Å². The zero-order chi connectivity index (χ0) is 20.6. The molecule has 2 aromatic carbocycles. The first-order chi connectivity index (χ1) is 13.8. The van der Waals surface area contributed by atoms with E-state index in [2.05, 4.69) is 0 Å². The molecule has 2 amide bonds. The van der Waals surface area contributed by atoms with E-state index in [1.807, 2.05) is 98.5 Å². The maximum absolute atomic E-state index is 13.5. The first kappa shape index (κ1) is 19.2. The van der Waals surface area contributed by atoms with Gasteiger partial charge in [-0.3, -0.25) is 9.69 Å². The predicted molar refractivity (Wildman–Crippen MR) is 111 cm³/mol. The zero-order valence-electron chi connectivity index (χ0n) is 17.0. The molecule has 2 atom stereocenters. The summed E-state index contributed by atoms with van der Waals surface area (Å²) in [5.41, 5.74) is 0.406. The van der Waals surface area contributed by atoms with Gasteiger partial charge in [0.25, 0.3) is 5.91 Å². The summed E-state index contributed by atoms with van der Waals surface area (Å²) in [6.45, 7) is 6.36. The summed E-state index contributed by atoms with van der Waals surface area (Å²) in [6, 6.07) is 19.6. The summed E-state index contributed by atoms with van der Waals surface area (Å²) >= 11 is 0. The molecule has 0 radical (unpaired) electrons. The minimum absolute atomic E-state index is 0.0742. The van der Waals surface area contributed by atoms with E-state index in [-0.39, 0.29) is 11.9 Å². The minimum atomic E-state index is -1.03. The van der Waals surface area contributed by atoms with Gasteiger partial charge in [0, 0.05) is 13.1 Å². The van der Waals surface area contributed by atoms with Gasteiger partial charge in [-0.1, -0.05) is 66.7 Å². The fraction of sp³-hybridized carbons (Fsp3) is 0.333. The molecule has 2 aromatic rings. The van der Waals surface area contributed by atoms with Gasteiger partial charge < -0.3 is 9.64 Å². The molecule has 2 heterocycles. The molecule has 5 nitrogen and oxygen atoms in total. The van der Waals surface area contributed by atoms with Gasteiger partial charge in [0.1, 0.15) is 5.60 Å². The van der Waals surface area contributed by atoms with Crippen LogP contribution in [0.2, 0.25) is 0 Å². The first-order valence-corrected chi connectivity index (χ1v) is 9.91. The highest BCUT2D eigenvalue weighted by atomic mass is 16.6. The maximum atomic E-state index is 13.5. The Bertz CT molecular complexity index is 934. The average molecular weight is 390 g/mol. The normalized spacial score (nSPS) is 23.4. The van der Waals surface area contributed by atoms with Crippen LogP contribution in [0.5, 0.6) is 0 Å². The predicted octanol–water partition coefficient (Wildman–Crippen LogP) is 4.32. The topological polar surface area (TPSA) is 49.9 Å². The third kappa shape index (κ3) is 3.31. The van der Waals surface area contributed by atoms with Crippen LogP contribution in [0.1, 0.15) is 37.9 Å². The van der Waals surface area contributed by atoms with E-state index in [1.165, 1.54) is 0 Å². The third-order valence-electron chi connectivity index (χ3n) is 5.36. The Morgan fingerprint density at radius 1 is 1.07 bits per heavy atom. The SMILES string of the molecule is CC(C)(C)OC(=O)N1CC=C[C@]12C(=O)N(Cc1ccccc1)[C@@H]2c1ccccc1. The van der Waals surface area contributed by atoms with E-state index in [9.17, 15) is 9.59 Å². The molecule has 2 aliphatic rings. The van der Waals surface area contributed by atoms with Crippen LogP contribution in [0.3, 0.4) is 0 Å². The molecular formula is C24H26N2O3. The number of β-lactam (4-membered cyclic amide) rings is 1. The molecule has 2 aliphatic heterocycles. The van der Waals surface area contributed by atoms with Crippen LogP contribution in [0.25, 0.3) is 0 Å². The van der Waals surface area contributed by atoms with Gasteiger partial charge in [-0.05, 0) is 38.0 Å². The third-order valence-corrected chi connectivity index (χ3v) is 5.36. The van der Waals surface area contributed by atoms with E-state index >= 15 is 0 Å². The molecule has 0 aromatic heterocycles. The highest BCUT2D eigenvalue weighted by Crippen LogP contribution is 2.51. The lowest BCUT2D eigenvalue weighted by Gasteiger charge is -2.57. The fourth-order valence-corrected chi connectivity index (χ4v) is 4.20. The van der Waals surface area contributed by atoms with Gasteiger partial charge in [-0.25, -0.2) is 4.79 Å². The van der Waals surface area contributed by atoms with E-state index in [0.717, 1.165) is 11.1 Å². The van der Waals surface area contributed by atoms with Crippen molar-refractivity contribution < 1.29 is 14.3 Å². The Morgan fingerprint density at radius 3 is 2.31 bits per heavy atom. The molecule has 0 unspecified atom stereocenters. The monoisotopic (exact) mass is 390 g/mol. The minimum Gasteiger partial charge on any atom is -0.444 e. The van der Waals surface area contributed by atoms with Crippen molar-refractivity contribution in [3.05, 3.63) is 83.9 Å². The number of nitrogens with zero attached hydrogens (tertiary/aromatic N) is 2. The standard InChI is InChI=1S/C24H26N2O3/c1-23(2,3)29-22(28)26-16-10-15-24(26)20(19-13-8-5-9-14-19)25(21(24)27)17-18-11-6-4-7-12-18/h4-15,20H,16-17H2,1-3H3/t20-,24+/m1/s1. The molecular weight excluding hydrogens is 364 g/mol.